The third kappa shape index (κ3) is 14.3. The van der Waals surface area contributed by atoms with E-state index >= 15 is 0 Å². The monoisotopic (exact) mass is 190 g/mol. The first-order valence-corrected chi connectivity index (χ1v) is 4.61. The standard InChI is InChI=1S/C7H16N2O2.C2H6/c1-6(8)2-3-9-4-7(11)5-10;1-2/h2-3,6-7,9-11H,4-5,8H2,1H3;1-2H3/b3-2-;. The van der Waals surface area contributed by atoms with E-state index in [1.807, 2.05) is 20.8 Å². The number of hydrogen-bond acceptors (Lipinski definition) is 4. The molecule has 80 valence electrons. The molecule has 0 bridgehead atoms. The average molecular weight is 190 g/mol. The quantitative estimate of drug-likeness (QED) is 0.485. The lowest BCUT2D eigenvalue weighted by molar-refractivity contribution is 0.0972. The highest BCUT2D eigenvalue weighted by Crippen LogP contribution is 1.78. The predicted octanol–water partition coefficient (Wildman–Crippen LogP) is -0.184. The fraction of sp³-hybridized carbons (Fsp3) is 0.778. The second kappa shape index (κ2) is 11.4. The van der Waals surface area contributed by atoms with Crippen molar-refractivity contribution in [3.8, 4) is 0 Å². The Labute approximate surface area is 80.5 Å². The zero-order valence-electron chi connectivity index (χ0n) is 8.70. The van der Waals surface area contributed by atoms with Crippen molar-refractivity contribution in [1.82, 2.24) is 5.32 Å². The minimum absolute atomic E-state index is 0.00812. The Morgan fingerprint density at radius 3 is 2.38 bits per heavy atom. The average Bonchev–Trinajstić information content (AvgIpc) is 2.15. The molecule has 0 fully saturated rings. The van der Waals surface area contributed by atoms with Crippen LogP contribution in [0.3, 0.4) is 0 Å². The predicted molar refractivity (Wildman–Crippen MR) is 55.2 cm³/mol. The van der Waals surface area contributed by atoms with Crippen LogP contribution in [0.5, 0.6) is 0 Å². The van der Waals surface area contributed by atoms with Crippen LogP contribution < -0.4 is 11.1 Å². The molecule has 13 heavy (non-hydrogen) atoms. The number of nitrogens with two attached hydrogens (primary N) is 1. The van der Waals surface area contributed by atoms with Crippen LogP contribution in [0, 0.1) is 0 Å². The van der Waals surface area contributed by atoms with Crippen molar-refractivity contribution in [3.63, 3.8) is 0 Å². The van der Waals surface area contributed by atoms with Gasteiger partial charge >= 0.3 is 0 Å². The van der Waals surface area contributed by atoms with Crippen LogP contribution in [0.1, 0.15) is 20.8 Å². The van der Waals surface area contributed by atoms with Gasteiger partial charge in [0.25, 0.3) is 0 Å². The van der Waals surface area contributed by atoms with Crippen LogP contribution in [0.2, 0.25) is 0 Å². The highest BCUT2D eigenvalue weighted by atomic mass is 16.3. The van der Waals surface area contributed by atoms with Gasteiger partial charge in [0, 0.05) is 12.6 Å². The van der Waals surface area contributed by atoms with Crippen molar-refractivity contribution in [2.24, 2.45) is 5.73 Å². The Hall–Kier alpha value is -0.580. The van der Waals surface area contributed by atoms with Gasteiger partial charge in [0.05, 0.1) is 12.7 Å². The SMILES string of the molecule is CC.CC(N)/C=C\NCC(O)CO. The summed E-state index contributed by atoms with van der Waals surface area (Å²) in [6, 6.07) is 0.00812. The van der Waals surface area contributed by atoms with Gasteiger partial charge in [0.2, 0.25) is 0 Å². The first-order valence-electron chi connectivity index (χ1n) is 4.61. The maximum atomic E-state index is 8.85. The molecule has 2 unspecified atom stereocenters. The van der Waals surface area contributed by atoms with E-state index in [9.17, 15) is 0 Å². The van der Waals surface area contributed by atoms with Crippen LogP contribution in [-0.4, -0.2) is 35.5 Å². The van der Waals surface area contributed by atoms with E-state index in [0.717, 1.165) is 0 Å². The Morgan fingerprint density at radius 2 is 2.00 bits per heavy atom. The summed E-state index contributed by atoms with van der Waals surface area (Å²) in [4.78, 5) is 0. The van der Waals surface area contributed by atoms with E-state index in [2.05, 4.69) is 5.32 Å². The zero-order valence-corrected chi connectivity index (χ0v) is 8.70. The second-order valence-electron chi connectivity index (χ2n) is 2.46. The highest BCUT2D eigenvalue weighted by Gasteiger charge is 1.97. The number of nitrogens with one attached hydrogen (secondary N) is 1. The molecule has 0 aliphatic carbocycles. The second-order valence-corrected chi connectivity index (χ2v) is 2.46. The molecule has 0 spiro atoms. The first-order chi connectivity index (χ1) is 6.16. The number of aliphatic hydroxyl groups excluding tert-OH is 2. The van der Waals surface area contributed by atoms with E-state index in [4.69, 9.17) is 15.9 Å². The Kier molecular flexibility index (Phi) is 13.1. The molecule has 2 atom stereocenters. The van der Waals surface area contributed by atoms with Crippen LogP contribution in [0.15, 0.2) is 12.3 Å². The summed E-state index contributed by atoms with van der Waals surface area (Å²) in [5.74, 6) is 0. The minimum Gasteiger partial charge on any atom is -0.394 e. The van der Waals surface area contributed by atoms with Crippen molar-refractivity contribution in [2.45, 2.75) is 32.9 Å². The van der Waals surface area contributed by atoms with Crippen molar-refractivity contribution in [1.29, 1.82) is 0 Å². The summed E-state index contributed by atoms with van der Waals surface area (Å²) < 4.78 is 0. The van der Waals surface area contributed by atoms with Gasteiger partial charge in [-0.2, -0.15) is 0 Å². The smallest absolute Gasteiger partial charge is 0.0942 e. The maximum Gasteiger partial charge on any atom is 0.0942 e. The van der Waals surface area contributed by atoms with Gasteiger partial charge in [-0.05, 0) is 13.1 Å². The molecule has 0 amide bonds. The van der Waals surface area contributed by atoms with Gasteiger partial charge in [0.1, 0.15) is 0 Å². The molecule has 0 aliphatic heterocycles. The van der Waals surface area contributed by atoms with Crippen molar-refractivity contribution in [3.05, 3.63) is 12.3 Å². The Balaban J connectivity index is 0. The molecule has 0 saturated heterocycles. The zero-order chi connectivity index (χ0) is 10.7. The van der Waals surface area contributed by atoms with Gasteiger partial charge in [0.15, 0.2) is 0 Å². The van der Waals surface area contributed by atoms with Crippen LogP contribution in [0.4, 0.5) is 0 Å². The third-order valence-corrected chi connectivity index (χ3v) is 1.08. The topological polar surface area (TPSA) is 78.5 Å². The first kappa shape index (κ1) is 14.9. The lowest BCUT2D eigenvalue weighted by Crippen LogP contribution is -2.26. The van der Waals surface area contributed by atoms with Crippen LogP contribution >= 0.6 is 0 Å². The largest absolute Gasteiger partial charge is 0.394 e. The third-order valence-electron chi connectivity index (χ3n) is 1.08. The highest BCUT2D eigenvalue weighted by molar-refractivity contribution is 4.87. The normalized spacial score (nSPS) is 14.6. The van der Waals surface area contributed by atoms with E-state index in [1.54, 1.807) is 12.3 Å². The lowest BCUT2D eigenvalue weighted by atomic mass is 10.3. The minimum atomic E-state index is -0.701. The van der Waals surface area contributed by atoms with Crippen molar-refractivity contribution >= 4 is 0 Å². The fourth-order valence-corrected chi connectivity index (χ4v) is 0.488. The van der Waals surface area contributed by atoms with Gasteiger partial charge < -0.3 is 21.3 Å². The summed E-state index contributed by atoms with van der Waals surface area (Å²) in [7, 11) is 0. The van der Waals surface area contributed by atoms with E-state index < -0.39 is 6.10 Å². The van der Waals surface area contributed by atoms with Gasteiger partial charge in [-0.3, -0.25) is 0 Å². The summed E-state index contributed by atoms with van der Waals surface area (Å²) >= 11 is 0. The fourth-order valence-electron chi connectivity index (χ4n) is 0.488. The van der Waals surface area contributed by atoms with E-state index in [1.165, 1.54) is 0 Å². The summed E-state index contributed by atoms with van der Waals surface area (Å²) in [6.07, 6.45) is 2.74. The van der Waals surface area contributed by atoms with E-state index in [0.29, 0.717) is 6.54 Å². The molecule has 0 aromatic carbocycles. The molecule has 0 radical (unpaired) electrons. The lowest BCUT2D eigenvalue weighted by Gasteiger charge is -2.05. The van der Waals surface area contributed by atoms with Gasteiger partial charge in [-0.25, -0.2) is 0 Å². The molecular weight excluding hydrogens is 168 g/mol. The molecule has 0 aromatic heterocycles. The Morgan fingerprint density at radius 1 is 1.46 bits per heavy atom. The van der Waals surface area contributed by atoms with E-state index in [-0.39, 0.29) is 12.6 Å². The molecular formula is C9H22N2O2. The molecule has 0 heterocycles. The summed E-state index contributed by atoms with van der Waals surface area (Å²) in [5, 5.41) is 20.0. The number of rotatable bonds is 5. The molecule has 5 N–H and O–H groups in total. The Bertz CT molecular complexity index is 116. The molecule has 4 nitrogen and oxygen atoms in total. The molecule has 0 saturated carbocycles. The molecule has 0 rings (SSSR count). The van der Waals surface area contributed by atoms with Crippen LogP contribution in [-0.2, 0) is 0 Å². The molecule has 0 aliphatic rings. The van der Waals surface area contributed by atoms with Gasteiger partial charge in [-0.1, -0.05) is 19.9 Å². The molecule has 4 heteroatoms. The van der Waals surface area contributed by atoms with Crippen molar-refractivity contribution in [2.75, 3.05) is 13.2 Å². The van der Waals surface area contributed by atoms with Gasteiger partial charge in [-0.15, -0.1) is 0 Å². The number of hydrogen-bond donors (Lipinski definition) is 4. The number of aliphatic hydroxyl groups is 2. The van der Waals surface area contributed by atoms with Crippen LogP contribution in [0.25, 0.3) is 0 Å². The molecule has 0 aromatic rings. The van der Waals surface area contributed by atoms with Crippen molar-refractivity contribution < 1.29 is 10.2 Å². The summed E-state index contributed by atoms with van der Waals surface area (Å²) in [5.41, 5.74) is 5.40. The summed E-state index contributed by atoms with van der Waals surface area (Å²) in [6.45, 7) is 5.97. The maximum absolute atomic E-state index is 8.85.